The first-order valence-electron chi connectivity index (χ1n) is 9.64. The van der Waals surface area contributed by atoms with Gasteiger partial charge in [0.15, 0.2) is 5.78 Å². The zero-order chi connectivity index (χ0) is 18.5. The largest absolute Gasteiger partial charge is 0.358 e. The number of hydrogen-bond acceptors (Lipinski definition) is 3. The lowest BCUT2D eigenvalue weighted by atomic mass is 9.79. The fourth-order valence-electron chi connectivity index (χ4n) is 4.42. The van der Waals surface area contributed by atoms with Crippen molar-refractivity contribution in [3.63, 3.8) is 0 Å². The molecule has 0 bridgehead atoms. The van der Waals surface area contributed by atoms with Crippen molar-refractivity contribution in [3.8, 4) is 0 Å². The molecule has 0 radical (unpaired) electrons. The molecule has 1 aliphatic heterocycles. The molecule has 2 heterocycles. The van der Waals surface area contributed by atoms with Gasteiger partial charge in [0.05, 0.1) is 11.2 Å². The highest BCUT2D eigenvalue weighted by Gasteiger charge is 2.37. The van der Waals surface area contributed by atoms with Crippen LogP contribution >= 0.6 is 0 Å². The minimum atomic E-state index is -0.00271. The predicted molar refractivity (Wildman–Crippen MR) is 109 cm³/mol. The second kappa shape index (κ2) is 6.05. The zero-order valence-electron chi connectivity index (χ0n) is 15.6. The van der Waals surface area contributed by atoms with Gasteiger partial charge in [-0.15, -0.1) is 0 Å². The predicted octanol–water partition coefficient (Wildman–Crippen LogP) is 5.53. The number of rotatable bonds is 2. The third-order valence-corrected chi connectivity index (χ3v) is 5.86. The van der Waals surface area contributed by atoms with Gasteiger partial charge in [0.25, 0.3) is 0 Å². The summed E-state index contributed by atoms with van der Waals surface area (Å²) < 4.78 is 0. The number of nitrogens with zero attached hydrogens (tertiary/aromatic N) is 1. The Bertz CT molecular complexity index is 1090. The SMILES string of the molecule is CC(C)c1ccc(C2C3=C(CCC3=O)Nc3c2ccc2ncccc32)cc1. The lowest BCUT2D eigenvalue weighted by molar-refractivity contribution is -0.115. The maximum atomic E-state index is 12.7. The standard InChI is InChI=1S/C24H22N2O/c1-14(2)15-5-7-16(8-6-15)22-18-9-10-19-17(4-3-13-25-19)24(18)26-20-11-12-21(27)23(20)22/h3-10,13-14,22,26H,11-12H2,1-2H3. The van der Waals surface area contributed by atoms with E-state index in [1.54, 1.807) is 0 Å². The number of fused-ring (bicyclic) bond motifs is 3. The van der Waals surface area contributed by atoms with Gasteiger partial charge in [0, 0.05) is 35.2 Å². The first kappa shape index (κ1) is 16.2. The van der Waals surface area contributed by atoms with Crippen LogP contribution in [0.2, 0.25) is 0 Å². The molecule has 1 aliphatic carbocycles. The minimum Gasteiger partial charge on any atom is -0.358 e. The van der Waals surface area contributed by atoms with E-state index in [9.17, 15) is 4.79 Å². The van der Waals surface area contributed by atoms with Gasteiger partial charge in [-0.05, 0) is 47.2 Å². The first-order valence-corrected chi connectivity index (χ1v) is 9.64. The van der Waals surface area contributed by atoms with Crippen LogP contribution in [-0.2, 0) is 4.79 Å². The molecule has 2 aliphatic rings. The highest BCUT2D eigenvalue weighted by Crippen LogP contribution is 2.48. The number of allylic oxidation sites excluding steroid dienone is 2. The first-order chi connectivity index (χ1) is 13.1. The summed E-state index contributed by atoms with van der Waals surface area (Å²) >= 11 is 0. The average molecular weight is 354 g/mol. The van der Waals surface area contributed by atoms with E-state index in [0.717, 1.165) is 34.3 Å². The van der Waals surface area contributed by atoms with E-state index in [-0.39, 0.29) is 11.7 Å². The molecule has 3 aromatic rings. The van der Waals surface area contributed by atoms with E-state index in [1.807, 2.05) is 12.3 Å². The third kappa shape index (κ3) is 2.49. The fraction of sp³-hybridized carbons (Fsp3) is 0.250. The van der Waals surface area contributed by atoms with Crippen molar-refractivity contribution in [3.05, 3.63) is 82.7 Å². The zero-order valence-corrected chi connectivity index (χ0v) is 15.6. The number of nitrogens with one attached hydrogen (secondary N) is 1. The third-order valence-electron chi connectivity index (χ3n) is 5.86. The van der Waals surface area contributed by atoms with Crippen LogP contribution in [0, 0.1) is 0 Å². The number of ketones is 1. The molecule has 0 amide bonds. The van der Waals surface area contributed by atoms with E-state index < -0.39 is 0 Å². The molecule has 1 atom stereocenters. The Morgan fingerprint density at radius 3 is 2.63 bits per heavy atom. The van der Waals surface area contributed by atoms with Gasteiger partial charge in [-0.2, -0.15) is 0 Å². The summed E-state index contributed by atoms with van der Waals surface area (Å²) in [6.45, 7) is 4.41. The van der Waals surface area contributed by atoms with E-state index >= 15 is 0 Å². The molecule has 1 unspecified atom stereocenters. The van der Waals surface area contributed by atoms with Crippen LogP contribution in [0.3, 0.4) is 0 Å². The van der Waals surface area contributed by atoms with Crippen molar-refractivity contribution in [2.45, 2.75) is 38.5 Å². The Balaban J connectivity index is 1.73. The second-order valence-electron chi connectivity index (χ2n) is 7.79. The van der Waals surface area contributed by atoms with E-state index in [2.05, 4.69) is 66.6 Å². The number of aromatic nitrogens is 1. The van der Waals surface area contributed by atoms with Crippen LogP contribution in [-0.4, -0.2) is 10.8 Å². The van der Waals surface area contributed by atoms with Gasteiger partial charge in [0.2, 0.25) is 0 Å². The maximum absolute atomic E-state index is 12.7. The van der Waals surface area contributed by atoms with Gasteiger partial charge >= 0.3 is 0 Å². The molecular weight excluding hydrogens is 332 g/mol. The molecule has 5 rings (SSSR count). The Labute approximate surface area is 159 Å². The molecule has 27 heavy (non-hydrogen) atoms. The Morgan fingerprint density at radius 1 is 1.04 bits per heavy atom. The number of anilines is 1. The second-order valence-corrected chi connectivity index (χ2v) is 7.79. The molecule has 0 saturated heterocycles. The van der Waals surface area contributed by atoms with Crippen molar-refractivity contribution in [2.75, 3.05) is 5.32 Å². The summed E-state index contributed by atoms with van der Waals surface area (Å²) in [5, 5.41) is 4.70. The average Bonchev–Trinajstić information content (AvgIpc) is 3.07. The molecule has 134 valence electrons. The van der Waals surface area contributed by atoms with Gasteiger partial charge in [-0.3, -0.25) is 9.78 Å². The lowest BCUT2D eigenvalue weighted by Gasteiger charge is -2.30. The summed E-state index contributed by atoms with van der Waals surface area (Å²) in [5.74, 6) is 0.765. The van der Waals surface area contributed by atoms with Crippen molar-refractivity contribution < 1.29 is 4.79 Å². The van der Waals surface area contributed by atoms with Crippen LogP contribution in [0.15, 0.2) is 66.0 Å². The quantitative estimate of drug-likeness (QED) is 0.658. The number of hydrogen-bond donors (Lipinski definition) is 1. The summed E-state index contributed by atoms with van der Waals surface area (Å²) in [6.07, 6.45) is 3.22. The Morgan fingerprint density at radius 2 is 1.85 bits per heavy atom. The molecule has 2 aromatic carbocycles. The van der Waals surface area contributed by atoms with Gasteiger partial charge < -0.3 is 5.32 Å². The van der Waals surface area contributed by atoms with Crippen LogP contribution in [0.25, 0.3) is 10.9 Å². The smallest absolute Gasteiger partial charge is 0.161 e. The number of pyridine rings is 1. The number of carbonyl (C=O) groups excluding carboxylic acids is 1. The fourth-order valence-corrected chi connectivity index (χ4v) is 4.42. The van der Waals surface area contributed by atoms with Crippen LogP contribution in [0.5, 0.6) is 0 Å². The molecule has 3 heteroatoms. The highest BCUT2D eigenvalue weighted by molar-refractivity contribution is 6.05. The number of Topliss-reactive ketones (excluding diaryl/α,β-unsaturated/α-hetero) is 1. The normalized spacial score (nSPS) is 18.6. The molecular formula is C24H22N2O. The Kier molecular flexibility index (Phi) is 3.64. The monoisotopic (exact) mass is 354 g/mol. The molecule has 3 nitrogen and oxygen atoms in total. The molecule has 1 N–H and O–H groups in total. The van der Waals surface area contributed by atoms with E-state index in [0.29, 0.717) is 12.3 Å². The van der Waals surface area contributed by atoms with Crippen molar-refractivity contribution in [1.29, 1.82) is 0 Å². The minimum absolute atomic E-state index is 0.00271. The molecule has 0 saturated carbocycles. The molecule has 0 fully saturated rings. The van der Waals surface area contributed by atoms with Gasteiger partial charge in [0.1, 0.15) is 0 Å². The van der Waals surface area contributed by atoms with Gasteiger partial charge in [-0.25, -0.2) is 0 Å². The maximum Gasteiger partial charge on any atom is 0.161 e. The van der Waals surface area contributed by atoms with Crippen molar-refractivity contribution >= 4 is 22.4 Å². The van der Waals surface area contributed by atoms with Crippen molar-refractivity contribution in [2.24, 2.45) is 0 Å². The lowest BCUT2D eigenvalue weighted by Crippen LogP contribution is -2.19. The summed E-state index contributed by atoms with van der Waals surface area (Å²) in [7, 11) is 0. The Hall–Kier alpha value is -2.94. The summed E-state index contributed by atoms with van der Waals surface area (Å²) in [4.78, 5) is 17.2. The van der Waals surface area contributed by atoms with Crippen LogP contribution in [0.4, 0.5) is 5.69 Å². The number of benzene rings is 2. The summed E-state index contributed by atoms with van der Waals surface area (Å²) in [5.41, 5.74) is 7.79. The van der Waals surface area contributed by atoms with Crippen LogP contribution in [0.1, 0.15) is 55.2 Å². The molecule has 1 aromatic heterocycles. The highest BCUT2D eigenvalue weighted by atomic mass is 16.1. The number of carbonyl (C=O) groups is 1. The summed E-state index contributed by atoms with van der Waals surface area (Å²) in [6, 6.07) is 17.1. The molecule has 0 spiro atoms. The van der Waals surface area contributed by atoms with Gasteiger partial charge in [-0.1, -0.05) is 44.2 Å². The van der Waals surface area contributed by atoms with Crippen molar-refractivity contribution in [1.82, 2.24) is 4.98 Å². The topological polar surface area (TPSA) is 42.0 Å². The van der Waals surface area contributed by atoms with E-state index in [4.69, 9.17) is 0 Å². The van der Waals surface area contributed by atoms with E-state index in [1.165, 1.54) is 16.7 Å². The van der Waals surface area contributed by atoms with Crippen LogP contribution < -0.4 is 5.32 Å².